The molecule has 1 heterocycles. The summed E-state index contributed by atoms with van der Waals surface area (Å²) in [7, 11) is 1.36. The molecule has 0 aliphatic heterocycles. The first-order valence-corrected chi connectivity index (χ1v) is 5.09. The molecule has 0 fully saturated rings. The molecule has 0 atom stereocenters. The smallest absolute Gasteiger partial charge is 0.310 e. The molecule has 5 heteroatoms. The monoisotopic (exact) mass is 307 g/mol. The Morgan fingerprint density at radius 2 is 2.31 bits per heavy atom. The number of rotatable bonds is 2. The summed E-state index contributed by atoms with van der Waals surface area (Å²) in [5.74, 6) is -0.283. The Balaban J connectivity index is 2.93. The number of halogens is 2. The third kappa shape index (κ3) is 2.77. The van der Waals surface area contributed by atoms with Crippen molar-refractivity contribution in [2.75, 3.05) is 7.11 Å². The van der Waals surface area contributed by atoms with E-state index in [1.807, 2.05) is 0 Å². The van der Waals surface area contributed by atoms with Gasteiger partial charge in [-0.25, -0.2) is 4.98 Å². The first-order valence-electron chi connectivity index (χ1n) is 3.51. The van der Waals surface area contributed by atoms with Gasteiger partial charge in [0.15, 0.2) is 0 Å². The topological polar surface area (TPSA) is 39.2 Å². The fraction of sp³-hybridized carbons (Fsp3) is 0.250. The fourth-order valence-corrected chi connectivity index (χ4v) is 2.00. The number of carbonyl (C=O) groups excluding carboxylic acids is 1. The van der Waals surface area contributed by atoms with Gasteiger partial charge in [-0.3, -0.25) is 4.79 Å². The van der Waals surface area contributed by atoms with E-state index >= 15 is 0 Å². The lowest BCUT2D eigenvalue weighted by Gasteiger charge is -2.04. The van der Waals surface area contributed by atoms with Crippen molar-refractivity contribution in [2.45, 2.75) is 6.42 Å². The number of carbonyl (C=O) groups is 1. The maximum absolute atomic E-state index is 11.0. The van der Waals surface area contributed by atoms with Gasteiger partial charge in [0.05, 0.1) is 13.5 Å². The summed E-state index contributed by atoms with van der Waals surface area (Å²) in [5.41, 5.74) is 0.800. The van der Waals surface area contributed by atoms with Crippen LogP contribution in [-0.4, -0.2) is 18.1 Å². The summed E-state index contributed by atoms with van der Waals surface area (Å²) in [6.07, 6.45) is 1.86. The van der Waals surface area contributed by atoms with Crippen LogP contribution in [0.3, 0.4) is 0 Å². The van der Waals surface area contributed by atoms with Crippen LogP contribution in [0, 0.1) is 0 Å². The summed E-state index contributed by atoms with van der Waals surface area (Å²) >= 11 is 6.58. The van der Waals surface area contributed by atoms with Gasteiger partial charge in [0.1, 0.15) is 4.60 Å². The molecule has 1 aromatic rings. The second kappa shape index (κ2) is 4.72. The maximum atomic E-state index is 11.0. The molecule has 70 valence electrons. The predicted molar refractivity (Wildman–Crippen MR) is 55.4 cm³/mol. The highest BCUT2D eigenvalue weighted by Crippen LogP contribution is 2.23. The van der Waals surface area contributed by atoms with Gasteiger partial charge in [0.2, 0.25) is 0 Å². The molecule has 0 bridgehead atoms. The van der Waals surface area contributed by atoms with Crippen LogP contribution >= 0.6 is 31.9 Å². The lowest BCUT2D eigenvalue weighted by molar-refractivity contribution is -0.139. The van der Waals surface area contributed by atoms with Crippen LogP contribution in [0.5, 0.6) is 0 Å². The van der Waals surface area contributed by atoms with Gasteiger partial charge in [0.25, 0.3) is 0 Å². The van der Waals surface area contributed by atoms with Gasteiger partial charge in [-0.2, -0.15) is 0 Å². The van der Waals surface area contributed by atoms with Crippen LogP contribution in [0.2, 0.25) is 0 Å². The zero-order chi connectivity index (χ0) is 9.84. The molecule has 1 aromatic heterocycles. The number of hydrogen-bond acceptors (Lipinski definition) is 3. The van der Waals surface area contributed by atoms with Crippen molar-refractivity contribution >= 4 is 37.8 Å². The van der Waals surface area contributed by atoms with E-state index in [-0.39, 0.29) is 12.4 Å². The third-order valence-corrected chi connectivity index (χ3v) is 2.92. The van der Waals surface area contributed by atoms with Gasteiger partial charge < -0.3 is 4.74 Å². The molecule has 0 saturated carbocycles. The Morgan fingerprint density at radius 3 is 2.85 bits per heavy atom. The highest BCUT2D eigenvalue weighted by atomic mass is 79.9. The summed E-state index contributed by atoms with van der Waals surface area (Å²) in [6, 6.07) is 1.78. The highest BCUT2D eigenvalue weighted by molar-refractivity contribution is 9.11. The summed E-state index contributed by atoms with van der Waals surface area (Å²) in [5, 5.41) is 0. The van der Waals surface area contributed by atoms with Gasteiger partial charge in [-0.15, -0.1) is 0 Å². The van der Waals surface area contributed by atoms with Gasteiger partial charge >= 0.3 is 5.97 Å². The largest absolute Gasteiger partial charge is 0.469 e. The number of nitrogens with zero attached hydrogens (tertiary/aromatic N) is 1. The number of ether oxygens (including phenoxy) is 1. The van der Waals surface area contributed by atoms with E-state index in [1.54, 1.807) is 12.3 Å². The number of methoxy groups -OCH3 is 1. The molecule has 0 aromatic carbocycles. The van der Waals surface area contributed by atoms with E-state index < -0.39 is 0 Å². The molecule has 0 aliphatic rings. The normalized spacial score (nSPS) is 9.77. The predicted octanol–water partition coefficient (Wildman–Crippen LogP) is 2.32. The van der Waals surface area contributed by atoms with Crippen LogP contribution in [0.15, 0.2) is 21.3 Å². The number of pyridine rings is 1. The van der Waals surface area contributed by atoms with Crippen molar-refractivity contribution in [1.29, 1.82) is 0 Å². The minimum Gasteiger partial charge on any atom is -0.469 e. The Morgan fingerprint density at radius 1 is 1.62 bits per heavy atom. The number of esters is 1. The Bertz CT molecular complexity index is 308. The molecule has 0 aliphatic carbocycles. The van der Waals surface area contributed by atoms with Crippen LogP contribution < -0.4 is 0 Å². The van der Waals surface area contributed by atoms with E-state index in [9.17, 15) is 4.79 Å². The molecule has 1 rings (SSSR count). The van der Waals surface area contributed by atoms with Crippen LogP contribution in [0.25, 0.3) is 0 Å². The molecule has 0 N–H and O–H groups in total. The Labute approximate surface area is 92.8 Å². The lowest BCUT2D eigenvalue weighted by Crippen LogP contribution is -2.06. The van der Waals surface area contributed by atoms with E-state index in [0.717, 1.165) is 10.0 Å². The van der Waals surface area contributed by atoms with E-state index in [1.165, 1.54) is 7.11 Å². The number of hydrogen-bond donors (Lipinski definition) is 0. The molecule has 0 spiro atoms. The molecule has 0 radical (unpaired) electrons. The van der Waals surface area contributed by atoms with Crippen LogP contribution in [0.4, 0.5) is 0 Å². The van der Waals surface area contributed by atoms with E-state index in [0.29, 0.717) is 4.60 Å². The lowest BCUT2D eigenvalue weighted by atomic mass is 10.2. The zero-order valence-corrected chi connectivity index (χ0v) is 10.1. The van der Waals surface area contributed by atoms with Crippen molar-refractivity contribution in [3.8, 4) is 0 Å². The molecule has 0 amide bonds. The molecule has 0 unspecified atom stereocenters. The van der Waals surface area contributed by atoms with E-state index in [4.69, 9.17) is 0 Å². The fourth-order valence-electron chi connectivity index (χ4n) is 0.819. The second-order valence-electron chi connectivity index (χ2n) is 2.32. The quantitative estimate of drug-likeness (QED) is 0.622. The molecule has 3 nitrogen and oxygen atoms in total. The summed E-state index contributed by atoms with van der Waals surface area (Å²) < 4.78 is 6.06. The number of aromatic nitrogens is 1. The van der Waals surface area contributed by atoms with Crippen LogP contribution in [-0.2, 0) is 16.0 Å². The zero-order valence-electron chi connectivity index (χ0n) is 6.88. The van der Waals surface area contributed by atoms with E-state index in [2.05, 4.69) is 41.6 Å². The van der Waals surface area contributed by atoms with Crippen molar-refractivity contribution in [3.05, 3.63) is 26.9 Å². The third-order valence-electron chi connectivity index (χ3n) is 1.49. The standard InChI is InChI=1S/C8H7Br2NO2/c1-13-7(12)4-5-6(9)2-3-11-8(5)10/h2-3H,4H2,1H3. The second-order valence-corrected chi connectivity index (χ2v) is 3.92. The maximum Gasteiger partial charge on any atom is 0.310 e. The molecular weight excluding hydrogens is 302 g/mol. The van der Waals surface area contributed by atoms with Crippen LogP contribution in [0.1, 0.15) is 5.56 Å². The van der Waals surface area contributed by atoms with Crippen molar-refractivity contribution < 1.29 is 9.53 Å². The molecular formula is C8H7Br2NO2. The average molecular weight is 309 g/mol. The SMILES string of the molecule is COC(=O)Cc1c(Br)ccnc1Br. The summed E-state index contributed by atoms with van der Waals surface area (Å²) in [6.45, 7) is 0. The highest BCUT2D eigenvalue weighted by Gasteiger charge is 2.10. The first kappa shape index (κ1) is 10.7. The average Bonchev–Trinajstić information content (AvgIpc) is 2.11. The van der Waals surface area contributed by atoms with Crippen molar-refractivity contribution in [1.82, 2.24) is 4.98 Å². The Kier molecular flexibility index (Phi) is 3.87. The van der Waals surface area contributed by atoms with Crippen molar-refractivity contribution in [2.24, 2.45) is 0 Å². The molecule has 0 saturated heterocycles. The Hall–Kier alpha value is -0.420. The summed E-state index contributed by atoms with van der Waals surface area (Å²) in [4.78, 5) is 15.0. The van der Waals surface area contributed by atoms with Gasteiger partial charge in [0, 0.05) is 16.2 Å². The minimum atomic E-state index is -0.283. The van der Waals surface area contributed by atoms with Gasteiger partial charge in [-0.1, -0.05) is 15.9 Å². The van der Waals surface area contributed by atoms with Crippen molar-refractivity contribution in [3.63, 3.8) is 0 Å². The molecule has 13 heavy (non-hydrogen) atoms. The minimum absolute atomic E-state index is 0.214. The first-order chi connectivity index (χ1) is 6.15. The van der Waals surface area contributed by atoms with Gasteiger partial charge in [-0.05, 0) is 22.0 Å².